The Morgan fingerprint density at radius 3 is 2.44 bits per heavy atom. The fourth-order valence-corrected chi connectivity index (χ4v) is 4.81. The summed E-state index contributed by atoms with van der Waals surface area (Å²) in [5.74, 6) is -0.955. The van der Waals surface area contributed by atoms with Crippen LogP contribution >= 0.6 is 0 Å². The predicted octanol–water partition coefficient (Wildman–Crippen LogP) is 2.97. The van der Waals surface area contributed by atoms with E-state index in [0.29, 0.717) is 59.0 Å². The second-order valence-corrected chi connectivity index (χ2v) is 10.7. The monoisotopic (exact) mass is 512 g/mol. The summed E-state index contributed by atoms with van der Waals surface area (Å²) in [6.07, 6.45) is 4.67. The van der Waals surface area contributed by atoms with Gasteiger partial charge in [-0.15, -0.1) is 0 Å². The van der Waals surface area contributed by atoms with E-state index in [-0.39, 0.29) is 11.5 Å². The lowest BCUT2D eigenvalue weighted by atomic mass is 9.96. The number of likely N-dealkylation sites (N-methyl/N-ethyl adjacent to an activating group) is 1. The van der Waals surface area contributed by atoms with Crippen molar-refractivity contribution < 1.29 is 17.6 Å². The molecule has 9 nitrogen and oxygen atoms in total. The molecule has 0 spiro atoms. The van der Waals surface area contributed by atoms with Crippen molar-refractivity contribution in [3.05, 3.63) is 59.6 Å². The zero-order chi connectivity index (χ0) is 26.0. The normalized spacial score (nSPS) is 14.6. The largest absolute Gasteiger partial charge is 0.336 e. The maximum Gasteiger partial charge on any atom is 0.256 e. The summed E-state index contributed by atoms with van der Waals surface area (Å²) >= 11 is 0. The molecule has 1 fully saturated rings. The van der Waals surface area contributed by atoms with Crippen LogP contribution in [0.25, 0.3) is 22.4 Å². The van der Waals surface area contributed by atoms with E-state index in [9.17, 15) is 13.2 Å². The Hall–Kier alpha value is -3.44. The minimum absolute atomic E-state index is 0.0197. The number of aromatic nitrogens is 3. The number of nitrogens with one attached hydrogen (secondary N) is 1. The Kier molecular flexibility index (Phi) is 7.32. The van der Waals surface area contributed by atoms with Crippen molar-refractivity contribution in [1.82, 2.24) is 24.8 Å². The van der Waals surface area contributed by atoms with Crippen LogP contribution in [0.15, 0.2) is 36.8 Å². The molecule has 1 aromatic carbocycles. The molecule has 0 unspecified atom stereocenters. The maximum atomic E-state index is 15.2. The molecule has 0 bridgehead atoms. The fraction of sp³-hybridized carbons (Fsp3) is 0.360. The number of piperazine rings is 1. The number of rotatable bonds is 6. The minimum atomic E-state index is -3.52. The molecule has 0 radical (unpaired) electrons. The molecule has 1 saturated heterocycles. The molecule has 0 atom stereocenters. The average molecular weight is 513 g/mol. The lowest BCUT2D eigenvalue weighted by Gasteiger charge is -2.32. The molecule has 0 saturated carbocycles. The zero-order valence-electron chi connectivity index (χ0n) is 20.7. The van der Waals surface area contributed by atoms with Crippen LogP contribution in [0.2, 0.25) is 0 Å². The van der Waals surface area contributed by atoms with Gasteiger partial charge in [-0.3, -0.25) is 14.5 Å². The van der Waals surface area contributed by atoms with Crippen molar-refractivity contribution in [1.29, 1.82) is 0 Å². The molecule has 0 aliphatic carbocycles. The number of pyridine rings is 1. The van der Waals surface area contributed by atoms with E-state index in [4.69, 9.17) is 0 Å². The zero-order valence-corrected chi connectivity index (χ0v) is 21.6. The van der Waals surface area contributed by atoms with Gasteiger partial charge in [0.25, 0.3) is 5.91 Å². The second kappa shape index (κ2) is 10.3. The topological polar surface area (TPSA) is 108 Å². The number of anilines is 1. The highest BCUT2D eigenvalue weighted by Crippen LogP contribution is 2.35. The third-order valence-corrected chi connectivity index (χ3v) is 6.79. The van der Waals surface area contributed by atoms with E-state index in [0.717, 1.165) is 19.3 Å². The molecule has 36 heavy (non-hydrogen) atoms. The van der Waals surface area contributed by atoms with Gasteiger partial charge in [-0.05, 0) is 38.6 Å². The van der Waals surface area contributed by atoms with E-state index in [2.05, 4.69) is 24.6 Å². The van der Waals surface area contributed by atoms with Gasteiger partial charge in [0.2, 0.25) is 10.0 Å². The van der Waals surface area contributed by atoms with E-state index in [1.54, 1.807) is 30.2 Å². The number of hydrogen-bond acceptors (Lipinski definition) is 7. The lowest BCUT2D eigenvalue weighted by Crippen LogP contribution is -2.47. The maximum absolute atomic E-state index is 15.2. The van der Waals surface area contributed by atoms with Crippen LogP contribution in [0.5, 0.6) is 0 Å². The highest BCUT2D eigenvalue weighted by molar-refractivity contribution is 7.92. The number of aryl methyl sites for hydroxylation is 2. The molecule has 190 valence electrons. The van der Waals surface area contributed by atoms with Crippen LogP contribution in [0, 0.1) is 12.7 Å². The first-order valence-electron chi connectivity index (χ1n) is 11.6. The van der Waals surface area contributed by atoms with E-state index in [1.807, 2.05) is 14.0 Å². The summed E-state index contributed by atoms with van der Waals surface area (Å²) in [7, 11) is -1.53. The summed E-state index contributed by atoms with van der Waals surface area (Å²) < 4.78 is 41.4. The first kappa shape index (κ1) is 25.6. The first-order valence-corrected chi connectivity index (χ1v) is 13.5. The molecular weight excluding hydrogens is 483 g/mol. The van der Waals surface area contributed by atoms with Gasteiger partial charge in [0, 0.05) is 49.1 Å². The molecule has 4 rings (SSSR count). The SMILES string of the molecule is CCc1ncnc(-c2ccc(C(=O)N3CCN(C)CC3)c(F)c2)c1-c1cnc(C)c(NS(C)(=O)=O)c1. The molecule has 2 aromatic heterocycles. The summed E-state index contributed by atoms with van der Waals surface area (Å²) in [5, 5.41) is 0. The number of nitrogens with zero attached hydrogens (tertiary/aromatic N) is 5. The first-order chi connectivity index (χ1) is 17.1. The Balaban J connectivity index is 1.75. The predicted molar refractivity (Wildman–Crippen MR) is 137 cm³/mol. The van der Waals surface area contributed by atoms with Gasteiger partial charge >= 0.3 is 0 Å². The van der Waals surface area contributed by atoms with Gasteiger partial charge in [0.15, 0.2) is 0 Å². The van der Waals surface area contributed by atoms with E-state index in [1.165, 1.54) is 18.5 Å². The number of benzene rings is 1. The molecule has 11 heteroatoms. The summed E-state index contributed by atoms with van der Waals surface area (Å²) in [6.45, 7) is 6.23. The van der Waals surface area contributed by atoms with Gasteiger partial charge in [-0.25, -0.2) is 22.8 Å². The van der Waals surface area contributed by atoms with Crippen LogP contribution in [0.4, 0.5) is 10.1 Å². The number of carbonyl (C=O) groups excluding carboxylic acids is 1. The van der Waals surface area contributed by atoms with Crippen LogP contribution in [-0.4, -0.2) is 78.6 Å². The summed E-state index contributed by atoms with van der Waals surface area (Å²) in [5.41, 5.74) is 3.74. The summed E-state index contributed by atoms with van der Waals surface area (Å²) in [6, 6.07) is 6.15. The molecular formula is C25H29FN6O3S. The van der Waals surface area contributed by atoms with Crippen molar-refractivity contribution in [2.75, 3.05) is 44.2 Å². The number of carbonyl (C=O) groups is 1. The minimum Gasteiger partial charge on any atom is -0.336 e. The number of halogens is 1. The Bertz CT molecular complexity index is 1400. The van der Waals surface area contributed by atoms with Crippen molar-refractivity contribution in [2.45, 2.75) is 20.3 Å². The van der Waals surface area contributed by atoms with E-state index < -0.39 is 15.8 Å². The van der Waals surface area contributed by atoms with Crippen molar-refractivity contribution >= 4 is 21.6 Å². The van der Waals surface area contributed by atoms with Gasteiger partial charge in [0.05, 0.1) is 34.6 Å². The van der Waals surface area contributed by atoms with Crippen LogP contribution < -0.4 is 4.72 Å². The molecule has 3 heterocycles. The number of amides is 1. The highest BCUT2D eigenvalue weighted by atomic mass is 32.2. The second-order valence-electron chi connectivity index (χ2n) is 8.92. The van der Waals surface area contributed by atoms with Crippen LogP contribution in [0.1, 0.15) is 28.7 Å². The standard InChI is InChI=1S/C25H29FN6O3S/c1-5-21-23(18-13-22(16(2)27-14-18)30-36(4,34)35)24(29-15-28-21)17-6-7-19(20(26)12-17)25(33)32-10-8-31(3)9-11-32/h6-7,12-15,30H,5,8-11H2,1-4H3. The third kappa shape index (κ3) is 5.52. The van der Waals surface area contributed by atoms with Crippen LogP contribution in [0.3, 0.4) is 0 Å². The van der Waals surface area contributed by atoms with Crippen molar-refractivity contribution in [3.63, 3.8) is 0 Å². The molecule has 1 aliphatic rings. The molecule has 1 N–H and O–H groups in total. The fourth-order valence-electron chi connectivity index (χ4n) is 4.20. The Morgan fingerprint density at radius 2 is 1.81 bits per heavy atom. The van der Waals surface area contributed by atoms with Crippen LogP contribution in [-0.2, 0) is 16.4 Å². The van der Waals surface area contributed by atoms with Gasteiger partial charge < -0.3 is 9.80 Å². The van der Waals surface area contributed by atoms with E-state index >= 15 is 4.39 Å². The molecule has 1 amide bonds. The lowest BCUT2D eigenvalue weighted by molar-refractivity contribution is 0.0659. The smallest absolute Gasteiger partial charge is 0.256 e. The highest BCUT2D eigenvalue weighted by Gasteiger charge is 2.24. The number of hydrogen-bond donors (Lipinski definition) is 1. The van der Waals surface area contributed by atoms with Crippen molar-refractivity contribution in [3.8, 4) is 22.4 Å². The van der Waals surface area contributed by atoms with Gasteiger partial charge in [-0.1, -0.05) is 13.0 Å². The Labute approximate surface area is 210 Å². The van der Waals surface area contributed by atoms with Gasteiger partial charge in [0.1, 0.15) is 12.1 Å². The average Bonchev–Trinajstić information content (AvgIpc) is 2.84. The Morgan fingerprint density at radius 1 is 1.08 bits per heavy atom. The third-order valence-electron chi connectivity index (χ3n) is 6.20. The van der Waals surface area contributed by atoms with Gasteiger partial charge in [-0.2, -0.15) is 0 Å². The summed E-state index contributed by atoms with van der Waals surface area (Å²) in [4.78, 5) is 29.9. The molecule has 3 aromatic rings. The quantitative estimate of drug-likeness (QED) is 0.541. The number of sulfonamides is 1. The van der Waals surface area contributed by atoms with Crippen molar-refractivity contribution in [2.24, 2.45) is 0 Å². The molecule has 1 aliphatic heterocycles.